The average Bonchev–Trinajstić information content (AvgIpc) is 2.49. The van der Waals surface area contributed by atoms with Crippen LogP contribution in [0.5, 0.6) is 0 Å². The molecule has 2 aliphatic heterocycles. The second-order valence-electron chi connectivity index (χ2n) is 7.03. The van der Waals surface area contributed by atoms with Crippen LogP contribution in [0.4, 0.5) is 0 Å². The Bertz CT molecular complexity index is 339. The maximum absolute atomic E-state index is 12.3. The standard InChI is InChI=1S/C16H32N4O/c1-13(2)15(17)16(21)20-10-8-19(9-11-20)12-14-6-4-5-7-18(14)3/h13-15H,4-12,17H2,1-3H3/t14-,15+/m1/s1. The first-order valence-electron chi connectivity index (χ1n) is 8.46. The second-order valence-corrected chi connectivity index (χ2v) is 7.03. The van der Waals surface area contributed by atoms with Crippen molar-refractivity contribution < 1.29 is 4.79 Å². The zero-order valence-corrected chi connectivity index (χ0v) is 13.9. The Kier molecular flexibility index (Phi) is 6.02. The lowest BCUT2D eigenvalue weighted by Crippen LogP contribution is -2.56. The molecule has 2 saturated heterocycles. The number of hydrogen-bond acceptors (Lipinski definition) is 4. The lowest BCUT2D eigenvalue weighted by Gasteiger charge is -2.40. The van der Waals surface area contributed by atoms with E-state index in [-0.39, 0.29) is 17.9 Å². The fourth-order valence-corrected chi connectivity index (χ4v) is 3.32. The SMILES string of the molecule is CC(C)[C@H](N)C(=O)N1CCN(C[C@H]2CCCCN2C)CC1. The number of amides is 1. The van der Waals surface area contributed by atoms with Gasteiger partial charge in [0.05, 0.1) is 6.04 Å². The maximum atomic E-state index is 12.3. The molecular weight excluding hydrogens is 264 g/mol. The number of hydrogen-bond donors (Lipinski definition) is 1. The summed E-state index contributed by atoms with van der Waals surface area (Å²) in [6.45, 7) is 10.0. The predicted molar refractivity (Wildman–Crippen MR) is 86.1 cm³/mol. The van der Waals surface area contributed by atoms with Gasteiger partial charge in [-0.2, -0.15) is 0 Å². The summed E-state index contributed by atoms with van der Waals surface area (Å²) in [4.78, 5) is 19.2. The van der Waals surface area contributed by atoms with Gasteiger partial charge >= 0.3 is 0 Å². The number of rotatable bonds is 4. The fraction of sp³-hybridized carbons (Fsp3) is 0.938. The van der Waals surface area contributed by atoms with Gasteiger partial charge in [-0.3, -0.25) is 9.69 Å². The van der Waals surface area contributed by atoms with Crippen molar-refractivity contribution in [2.75, 3.05) is 46.3 Å². The first kappa shape index (κ1) is 16.7. The van der Waals surface area contributed by atoms with Gasteiger partial charge in [0, 0.05) is 38.8 Å². The number of nitrogens with two attached hydrogens (primary N) is 1. The normalized spacial score (nSPS) is 27.1. The van der Waals surface area contributed by atoms with Gasteiger partial charge in [0.1, 0.15) is 0 Å². The van der Waals surface area contributed by atoms with Gasteiger partial charge in [0.25, 0.3) is 0 Å². The van der Waals surface area contributed by atoms with Gasteiger partial charge in [-0.15, -0.1) is 0 Å². The van der Waals surface area contributed by atoms with Gasteiger partial charge in [-0.1, -0.05) is 20.3 Å². The summed E-state index contributed by atoms with van der Waals surface area (Å²) in [6, 6.07) is 0.347. The van der Waals surface area contributed by atoms with Crippen molar-refractivity contribution in [2.45, 2.75) is 45.2 Å². The number of likely N-dealkylation sites (N-methyl/N-ethyl adjacent to an activating group) is 1. The minimum Gasteiger partial charge on any atom is -0.339 e. The molecule has 0 aromatic carbocycles. The first-order valence-corrected chi connectivity index (χ1v) is 8.46. The van der Waals surface area contributed by atoms with E-state index in [9.17, 15) is 4.79 Å². The summed E-state index contributed by atoms with van der Waals surface area (Å²) in [6.07, 6.45) is 4.01. The molecule has 2 rings (SSSR count). The zero-order valence-electron chi connectivity index (χ0n) is 13.9. The summed E-state index contributed by atoms with van der Waals surface area (Å²) < 4.78 is 0. The number of piperidine rings is 1. The third-order valence-corrected chi connectivity index (χ3v) is 5.08. The molecule has 0 bridgehead atoms. The highest BCUT2D eigenvalue weighted by Gasteiger charge is 2.28. The van der Waals surface area contributed by atoms with Crippen LogP contribution in [-0.4, -0.2) is 79.0 Å². The number of likely N-dealkylation sites (tertiary alicyclic amines) is 1. The molecule has 0 aliphatic carbocycles. The molecule has 2 atom stereocenters. The third kappa shape index (κ3) is 4.41. The lowest BCUT2D eigenvalue weighted by molar-refractivity contribution is -0.135. The Labute approximate surface area is 129 Å². The molecule has 122 valence electrons. The van der Waals surface area contributed by atoms with E-state index in [4.69, 9.17) is 5.73 Å². The van der Waals surface area contributed by atoms with Crippen LogP contribution in [0.1, 0.15) is 33.1 Å². The van der Waals surface area contributed by atoms with Crippen LogP contribution >= 0.6 is 0 Å². The van der Waals surface area contributed by atoms with Gasteiger partial charge in [-0.25, -0.2) is 0 Å². The molecular formula is C16H32N4O. The molecule has 1 amide bonds. The molecule has 2 heterocycles. The van der Waals surface area contributed by atoms with Gasteiger partial charge in [0.15, 0.2) is 0 Å². The van der Waals surface area contributed by atoms with Crippen molar-refractivity contribution in [3.05, 3.63) is 0 Å². The highest BCUT2D eigenvalue weighted by atomic mass is 16.2. The van der Waals surface area contributed by atoms with Crippen LogP contribution in [0.3, 0.4) is 0 Å². The molecule has 21 heavy (non-hydrogen) atoms. The van der Waals surface area contributed by atoms with E-state index >= 15 is 0 Å². The fourth-order valence-electron chi connectivity index (χ4n) is 3.32. The van der Waals surface area contributed by atoms with Crippen molar-refractivity contribution in [3.8, 4) is 0 Å². The topological polar surface area (TPSA) is 52.8 Å². The van der Waals surface area contributed by atoms with E-state index in [1.54, 1.807) is 0 Å². The molecule has 0 aromatic heterocycles. The van der Waals surface area contributed by atoms with Crippen molar-refractivity contribution in [1.29, 1.82) is 0 Å². The van der Waals surface area contributed by atoms with E-state index < -0.39 is 0 Å². The molecule has 2 fully saturated rings. The molecule has 0 aromatic rings. The number of nitrogens with zero attached hydrogens (tertiary/aromatic N) is 3. The van der Waals surface area contributed by atoms with Crippen molar-refractivity contribution in [1.82, 2.24) is 14.7 Å². The molecule has 5 heteroatoms. The van der Waals surface area contributed by atoms with Crippen molar-refractivity contribution in [2.24, 2.45) is 11.7 Å². The Morgan fingerprint density at radius 2 is 1.81 bits per heavy atom. The second kappa shape index (κ2) is 7.56. The zero-order chi connectivity index (χ0) is 15.4. The van der Waals surface area contributed by atoms with E-state index in [1.807, 2.05) is 18.7 Å². The monoisotopic (exact) mass is 296 g/mol. The van der Waals surface area contributed by atoms with Crippen LogP contribution < -0.4 is 5.73 Å². The summed E-state index contributed by atoms with van der Waals surface area (Å²) in [5, 5.41) is 0. The first-order chi connectivity index (χ1) is 9.99. The molecule has 0 spiro atoms. The largest absolute Gasteiger partial charge is 0.339 e. The summed E-state index contributed by atoms with van der Waals surface area (Å²) in [5.74, 6) is 0.339. The van der Waals surface area contributed by atoms with Crippen molar-refractivity contribution >= 4 is 5.91 Å². The van der Waals surface area contributed by atoms with Crippen LogP contribution in [0.2, 0.25) is 0 Å². The molecule has 0 radical (unpaired) electrons. The number of carbonyl (C=O) groups is 1. The summed E-state index contributed by atoms with van der Waals surface area (Å²) >= 11 is 0. The van der Waals surface area contributed by atoms with Crippen molar-refractivity contribution in [3.63, 3.8) is 0 Å². The molecule has 0 unspecified atom stereocenters. The molecule has 0 saturated carbocycles. The predicted octanol–water partition coefficient (Wildman–Crippen LogP) is 0.598. The Hall–Kier alpha value is -0.650. The van der Waals surface area contributed by atoms with Crippen LogP contribution in [0.15, 0.2) is 0 Å². The smallest absolute Gasteiger partial charge is 0.239 e. The molecule has 2 aliphatic rings. The minimum atomic E-state index is -0.346. The van der Waals surface area contributed by atoms with Gasteiger partial charge in [-0.05, 0) is 32.4 Å². The van der Waals surface area contributed by atoms with E-state index in [0.29, 0.717) is 6.04 Å². The third-order valence-electron chi connectivity index (χ3n) is 5.08. The van der Waals surface area contributed by atoms with E-state index in [1.165, 1.54) is 25.8 Å². The maximum Gasteiger partial charge on any atom is 0.239 e. The summed E-state index contributed by atoms with van der Waals surface area (Å²) in [5.41, 5.74) is 5.98. The highest BCUT2D eigenvalue weighted by Crippen LogP contribution is 2.17. The number of carbonyl (C=O) groups excluding carboxylic acids is 1. The highest BCUT2D eigenvalue weighted by molar-refractivity contribution is 5.82. The quantitative estimate of drug-likeness (QED) is 0.825. The Balaban J connectivity index is 1.76. The van der Waals surface area contributed by atoms with E-state index in [0.717, 1.165) is 32.7 Å². The molecule has 5 nitrogen and oxygen atoms in total. The van der Waals surface area contributed by atoms with Crippen LogP contribution in [0, 0.1) is 5.92 Å². The number of piperazine rings is 1. The van der Waals surface area contributed by atoms with E-state index in [2.05, 4.69) is 16.8 Å². The Morgan fingerprint density at radius 1 is 1.14 bits per heavy atom. The molecule has 2 N–H and O–H groups in total. The Morgan fingerprint density at radius 3 is 2.38 bits per heavy atom. The minimum absolute atomic E-state index is 0.124. The van der Waals surface area contributed by atoms with Gasteiger partial charge in [0.2, 0.25) is 5.91 Å². The van der Waals surface area contributed by atoms with Crippen LogP contribution in [0.25, 0.3) is 0 Å². The van der Waals surface area contributed by atoms with Crippen LogP contribution in [-0.2, 0) is 4.79 Å². The lowest BCUT2D eigenvalue weighted by atomic mass is 10.0. The average molecular weight is 296 g/mol. The van der Waals surface area contributed by atoms with Gasteiger partial charge < -0.3 is 15.5 Å². The summed E-state index contributed by atoms with van der Waals surface area (Å²) in [7, 11) is 2.24.